The van der Waals surface area contributed by atoms with Gasteiger partial charge in [0, 0.05) is 21.9 Å². The Hall–Kier alpha value is -3.08. The van der Waals surface area contributed by atoms with Crippen LogP contribution in [0.1, 0.15) is 10.5 Å². The molecule has 0 fully saturated rings. The molecule has 1 N–H and O–H groups in total. The molecule has 5 heteroatoms. The van der Waals surface area contributed by atoms with Gasteiger partial charge in [0.05, 0.1) is 30.8 Å². The largest absolute Gasteiger partial charge is 0.472 e. The summed E-state index contributed by atoms with van der Waals surface area (Å²) in [5, 5.41) is 1.97. The summed E-state index contributed by atoms with van der Waals surface area (Å²) >= 11 is 0. The molecule has 0 aliphatic heterocycles. The lowest BCUT2D eigenvalue weighted by Crippen LogP contribution is -2.05. The first kappa shape index (κ1) is 12.6. The van der Waals surface area contributed by atoms with Crippen LogP contribution in [0, 0.1) is 0 Å². The Labute approximate surface area is 125 Å². The summed E-state index contributed by atoms with van der Waals surface area (Å²) in [6.07, 6.45) is 3.19. The van der Waals surface area contributed by atoms with Gasteiger partial charge >= 0.3 is 5.97 Å². The lowest BCUT2D eigenvalue weighted by Gasteiger charge is -2.04. The summed E-state index contributed by atoms with van der Waals surface area (Å²) in [6.45, 7) is 0. The molecule has 0 aliphatic rings. The number of ether oxygens (including phenoxy) is 1. The van der Waals surface area contributed by atoms with Gasteiger partial charge in [0.1, 0.15) is 5.69 Å². The van der Waals surface area contributed by atoms with Gasteiger partial charge in [0.2, 0.25) is 0 Å². The minimum absolute atomic E-state index is 0.274. The van der Waals surface area contributed by atoms with E-state index in [9.17, 15) is 4.79 Å². The minimum Gasteiger partial charge on any atom is -0.472 e. The highest BCUT2D eigenvalue weighted by Crippen LogP contribution is 2.32. The number of H-pyrrole nitrogens is 1. The molecule has 0 unspecified atom stereocenters. The molecule has 0 aliphatic carbocycles. The first-order valence-electron chi connectivity index (χ1n) is 6.80. The Bertz CT molecular complexity index is 984. The predicted octanol–water partition coefficient (Wildman–Crippen LogP) is 3.76. The van der Waals surface area contributed by atoms with E-state index in [1.165, 1.54) is 7.11 Å². The Morgan fingerprint density at radius 1 is 1.23 bits per heavy atom. The average molecular weight is 292 g/mol. The van der Waals surface area contributed by atoms with Gasteiger partial charge in [-0.05, 0) is 18.2 Å². The Kier molecular flexibility index (Phi) is 2.72. The third kappa shape index (κ3) is 1.79. The molecule has 0 saturated heterocycles. The minimum atomic E-state index is -0.461. The second-order valence-electron chi connectivity index (χ2n) is 4.95. The maximum atomic E-state index is 11.9. The predicted molar refractivity (Wildman–Crippen MR) is 82.6 cm³/mol. The van der Waals surface area contributed by atoms with Gasteiger partial charge in [-0.3, -0.25) is 0 Å². The van der Waals surface area contributed by atoms with Crippen molar-refractivity contribution in [3.63, 3.8) is 0 Å². The second-order valence-corrected chi connectivity index (χ2v) is 4.95. The molecule has 5 nitrogen and oxygen atoms in total. The molecule has 0 bridgehead atoms. The van der Waals surface area contributed by atoms with Crippen LogP contribution in [0.2, 0.25) is 0 Å². The van der Waals surface area contributed by atoms with Crippen LogP contribution < -0.4 is 0 Å². The lowest BCUT2D eigenvalue weighted by molar-refractivity contribution is 0.0594. The number of hydrogen-bond acceptors (Lipinski definition) is 4. The van der Waals surface area contributed by atoms with Crippen molar-refractivity contribution in [1.29, 1.82) is 0 Å². The fourth-order valence-corrected chi connectivity index (χ4v) is 2.66. The number of esters is 1. The average Bonchev–Trinajstić information content (AvgIpc) is 3.20. The van der Waals surface area contributed by atoms with Crippen molar-refractivity contribution in [3.05, 3.63) is 54.6 Å². The van der Waals surface area contributed by atoms with Crippen molar-refractivity contribution in [3.8, 4) is 11.3 Å². The quantitative estimate of drug-likeness (QED) is 0.571. The molecule has 108 valence electrons. The van der Waals surface area contributed by atoms with Crippen molar-refractivity contribution in [2.75, 3.05) is 7.11 Å². The van der Waals surface area contributed by atoms with Crippen LogP contribution in [0.25, 0.3) is 33.1 Å². The number of rotatable bonds is 2. The number of carbonyl (C=O) groups is 1. The molecule has 4 rings (SSSR count). The van der Waals surface area contributed by atoms with Crippen molar-refractivity contribution in [2.45, 2.75) is 0 Å². The summed E-state index contributed by atoms with van der Waals surface area (Å²) in [6, 6.07) is 11.5. The first-order valence-corrected chi connectivity index (χ1v) is 6.80. The number of nitrogens with zero attached hydrogens (tertiary/aromatic N) is 1. The molecule has 0 spiro atoms. The van der Waals surface area contributed by atoms with Crippen LogP contribution in [0.15, 0.2) is 53.3 Å². The van der Waals surface area contributed by atoms with E-state index >= 15 is 0 Å². The number of methoxy groups -OCH3 is 1. The summed E-state index contributed by atoms with van der Waals surface area (Å²) in [5.41, 5.74) is 3.61. The molecule has 4 aromatic rings. The number of furan rings is 1. The molecule has 0 saturated carbocycles. The molecule has 0 atom stereocenters. The molecule has 3 aromatic heterocycles. The smallest absolute Gasteiger partial charge is 0.356 e. The zero-order valence-electron chi connectivity index (χ0n) is 11.8. The number of hydrogen-bond donors (Lipinski definition) is 1. The normalized spacial score (nSPS) is 11.1. The van der Waals surface area contributed by atoms with Crippen LogP contribution in [0.3, 0.4) is 0 Å². The van der Waals surface area contributed by atoms with Gasteiger partial charge in [-0.1, -0.05) is 18.2 Å². The first-order chi connectivity index (χ1) is 10.8. The fraction of sp³-hybridized carbons (Fsp3) is 0.0588. The van der Waals surface area contributed by atoms with E-state index < -0.39 is 5.97 Å². The fourth-order valence-electron chi connectivity index (χ4n) is 2.66. The molecular formula is C17H12N2O3. The third-order valence-electron chi connectivity index (χ3n) is 3.69. The van der Waals surface area contributed by atoms with E-state index in [0.29, 0.717) is 5.69 Å². The molecule has 0 amide bonds. The molecular weight excluding hydrogens is 280 g/mol. The van der Waals surface area contributed by atoms with Crippen LogP contribution in [-0.2, 0) is 4.74 Å². The molecule has 3 heterocycles. The number of fused-ring (bicyclic) bond motifs is 3. The van der Waals surface area contributed by atoms with E-state index in [4.69, 9.17) is 9.15 Å². The van der Waals surface area contributed by atoms with Crippen molar-refractivity contribution in [2.24, 2.45) is 0 Å². The zero-order valence-corrected chi connectivity index (χ0v) is 11.8. The number of nitrogens with one attached hydrogen (secondary N) is 1. The van der Waals surface area contributed by atoms with E-state index in [1.54, 1.807) is 18.6 Å². The van der Waals surface area contributed by atoms with E-state index in [2.05, 4.69) is 9.97 Å². The van der Waals surface area contributed by atoms with E-state index in [0.717, 1.165) is 27.4 Å². The molecule has 0 radical (unpaired) electrons. The summed E-state index contributed by atoms with van der Waals surface area (Å²) in [4.78, 5) is 19.7. The highest BCUT2D eigenvalue weighted by molar-refractivity contribution is 6.12. The number of benzene rings is 1. The summed E-state index contributed by atoms with van der Waals surface area (Å²) < 4.78 is 9.96. The van der Waals surface area contributed by atoms with E-state index in [-0.39, 0.29) is 5.69 Å². The maximum absolute atomic E-state index is 11.9. The van der Waals surface area contributed by atoms with Crippen molar-refractivity contribution >= 4 is 27.8 Å². The molecule has 22 heavy (non-hydrogen) atoms. The number of pyridine rings is 1. The Morgan fingerprint density at radius 2 is 2.09 bits per heavy atom. The van der Waals surface area contributed by atoms with Crippen LogP contribution >= 0.6 is 0 Å². The monoisotopic (exact) mass is 292 g/mol. The SMILES string of the molecule is COC(=O)c1cc2c([nH]c3ccccc32)c(-c2ccoc2)n1. The summed E-state index contributed by atoms with van der Waals surface area (Å²) in [7, 11) is 1.35. The second kappa shape index (κ2) is 4.73. The van der Waals surface area contributed by atoms with Gasteiger partial charge in [-0.15, -0.1) is 0 Å². The topological polar surface area (TPSA) is 68.1 Å². The van der Waals surface area contributed by atoms with E-state index in [1.807, 2.05) is 30.3 Å². The van der Waals surface area contributed by atoms with Crippen molar-refractivity contribution in [1.82, 2.24) is 9.97 Å². The number of aromatic nitrogens is 2. The van der Waals surface area contributed by atoms with Gasteiger partial charge in [-0.2, -0.15) is 0 Å². The van der Waals surface area contributed by atoms with Crippen LogP contribution in [0.5, 0.6) is 0 Å². The number of para-hydroxylation sites is 1. The van der Waals surface area contributed by atoms with Gasteiger partial charge in [0.15, 0.2) is 0 Å². The lowest BCUT2D eigenvalue weighted by atomic mass is 10.1. The number of aromatic amines is 1. The molecule has 1 aromatic carbocycles. The standard InChI is InChI=1S/C17H12N2O3/c1-21-17(20)14-8-12-11-4-2-3-5-13(11)18-16(12)15(19-14)10-6-7-22-9-10/h2-9,18H,1H3. The van der Waals surface area contributed by atoms with Crippen molar-refractivity contribution < 1.29 is 13.9 Å². The van der Waals surface area contributed by atoms with Gasteiger partial charge in [-0.25, -0.2) is 9.78 Å². The maximum Gasteiger partial charge on any atom is 0.356 e. The van der Waals surface area contributed by atoms with Gasteiger partial charge in [0.25, 0.3) is 0 Å². The third-order valence-corrected chi connectivity index (χ3v) is 3.69. The Balaban J connectivity index is 2.13. The zero-order chi connectivity index (χ0) is 15.1. The van der Waals surface area contributed by atoms with Crippen LogP contribution in [-0.4, -0.2) is 23.0 Å². The highest BCUT2D eigenvalue weighted by atomic mass is 16.5. The summed E-state index contributed by atoms with van der Waals surface area (Å²) in [5.74, 6) is -0.461. The highest BCUT2D eigenvalue weighted by Gasteiger charge is 2.17. The van der Waals surface area contributed by atoms with Crippen LogP contribution in [0.4, 0.5) is 0 Å². The Morgan fingerprint density at radius 3 is 2.86 bits per heavy atom. The number of carbonyl (C=O) groups excluding carboxylic acids is 1. The van der Waals surface area contributed by atoms with Gasteiger partial charge < -0.3 is 14.1 Å².